The summed E-state index contributed by atoms with van der Waals surface area (Å²) in [5.41, 5.74) is 5.47. The molecule has 102 valence electrons. The summed E-state index contributed by atoms with van der Waals surface area (Å²) in [6.07, 6.45) is 4.08. The smallest absolute Gasteiger partial charge is 0.226 e. The standard InChI is InChI=1S/C13H24N4O/c1-10(2)17-7-4-11(5-8-17)9-13-15-12(3-6-14)16-18-13/h10-11H,3-9,14H2,1-2H3. The minimum atomic E-state index is 0.575. The van der Waals surface area contributed by atoms with Gasteiger partial charge >= 0.3 is 0 Å². The fourth-order valence-corrected chi connectivity index (χ4v) is 2.52. The zero-order valence-electron chi connectivity index (χ0n) is 11.4. The van der Waals surface area contributed by atoms with Crippen LogP contribution in [0.2, 0.25) is 0 Å². The summed E-state index contributed by atoms with van der Waals surface area (Å²) in [5.74, 6) is 2.21. The van der Waals surface area contributed by atoms with Gasteiger partial charge in [0.25, 0.3) is 0 Å². The van der Waals surface area contributed by atoms with Gasteiger partial charge in [-0.2, -0.15) is 4.98 Å². The van der Waals surface area contributed by atoms with Crippen LogP contribution in [-0.4, -0.2) is 40.7 Å². The van der Waals surface area contributed by atoms with Gasteiger partial charge in [0, 0.05) is 18.9 Å². The van der Waals surface area contributed by atoms with Crippen LogP contribution in [0.25, 0.3) is 0 Å². The summed E-state index contributed by atoms with van der Waals surface area (Å²) >= 11 is 0. The van der Waals surface area contributed by atoms with Gasteiger partial charge in [0.2, 0.25) is 5.89 Å². The Kier molecular flexibility index (Phi) is 4.72. The Bertz CT molecular complexity index is 356. The lowest BCUT2D eigenvalue weighted by atomic mass is 9.93. The van der Waals surface area contributed by atoms with Crippen molar-refractivity contribution >= 4 is 0 Å². The molecule has 5 nitrogen and oxygen atoms in total. The first kappa shape index (κ1) is 13.5. The lowest BCUT2D eigenvalue weighted by molar-refractivity contribution is 0.145. The second-order valence-corrected chi connectivity index (χ2v) is 5.42. The Morgan fingerprint density at radius 3 is 2.72 bits per heavy atom. The second kappa shape index (κ2) is 6.29. The van der Waals surface area contributed by atoms with Crippen LogP contribution in [0.4, 0.5) is 0 Å². The number of nitrogens with two attached hydrogens (primary N) is 1. The third-order valence-electron chi connectivity index (χ3n) is 3.72. The third kappa shape index (κ3) is 3.53. The molecule has 2 rings (SSSR count). The summed E-state index contributed by atoms with van der Waals surface area (Å²) in [7, 11) is 0. The van der Waals surface area contributed by atoms with Crippen molar-refractivity contribution in [2.24, 2.45) is 11.7 Å². The highest BCUT2D eigenvalue weighted by atomic mass is 16.5. The first-order valence-corrected chi connectivity index (χ1v) is 6.94. The number of hydrogen-bond donors (Lipinski definition) is 1. The van der Waals surface area contributed by atoms with Crippen molar-refractivity contribution < 1.29 is 4.52 Å². The van der Waals surface area contributed by atoms with Gasteiger partial charge in [-0.15, -0.1) is 0 Å². The van der Waals surface area contributed by atoms with Crippen molar-refractivity contribution in [2.45, 2.75) is 45.6 Å². The van der Waals surface area contributed by atoms with Crippen molar-refractivity contribution in [3.8, 4) is 0 Å². The predicted octanol–water partition coefficient (Wildman–Crippen LogP) is 1.23. The van der Waals surface area contributed by atoms with Gasteiger partial charge in [0.1, 0.15) is 0 Å². The second-order valence-electron chi connectivity index (χ2n) is 5.42. The maximum atomic E-state index is 5.47. The highest BCUT2D eigenvalue weighted by Crippen LogP contribution is 2.22. The minimum Gasteiger partial charge on any atom is -0.339 e. The summed E-state index contributed by atoms with van der Waals surface area (Å²) in [6.45, 7) is 7.47. The minimum absolute atomic E-state index is 0.575. The van der Waals surface area contributed by atoms with Crippen molar-refractivity contribution in [1.82, 2.24) is 15.0 Å². The molecule has 0 atom stereocenters. The molecule has 2 N–H and O–H groups in total. The van der Waals surface area contributed by atoms with Gasteiger partial charge in [0.05, 0.1) is 0 Å². The summed E-state index contributed by atoms with van der Waals surface area (Å²) < 4.78 is 5.26. The van der Waals surface area contributed by atoms with Gasteiger partial charge in [-0.1, -0.05) is 5.16 Å². The predicted molar refractivity (Wildman–Crippen MR) is 70.2 cm³/mol. The quantitative estimate of drug-likeness (QED) is 0.853. The Morgan fingerprint density at radius 2 is 2.11 bits per heavy atom. The molecule has 2 heterocycles. The Hall–Kier alpha value is -0.940. The van der Waals surface area contributed by atoms with Crippen LogP contribution in [-0.2, 0) is 12.8 Å². The van der Waals surface area contributed by atoms with E-state index in [0.717, 1.165) is 18.1 Å². The van der Waals surface area contributed by atoms with E-state index >= 15 is 0 Å². The number of aromatic nitrogens is 2. The normalized spacial score (nSPS) is 18.7. The van der Waals surface area contributed by atoms with E-state index in [-0.39, 0.29) is 0 Å². The molecule has 5 heteroatoms. The molecule has 1 fully saturated rings. The molecule has 0 unspecified atom stereocenters. The van der Waals surface area contributed by atoms with Gasteiger partial charge in [0.15, 0.2) is 5.82 Å². The molecular formula is C13H24N4O. The molecule has 0 radical (unpaired) electrons. The van der Waals surface area contributed by atoms with Crippen LogP contribution >= 0.6 is 0 Å². The molecule has 1 aliphatic rings. The Labute approximate surface area is 109 Å². The largest absolute Gasteiger partial charge is 0.339 e. The van der Waals surface area contributed by atoms with E-state index in [0.29, 0.717) is 24.9 Å². The number of hydrogen-bond acceptors (Lipinski definition) is 5. The molecule has 1 aromatic heterocycles. The number of likely N-dealkylation sites (tertiary alicyclic amines) is 1. The van der Waals surface area contributed by atoms with Crippen molar-refractivity contribution in [3.05, 3.63) is 11.7 Å². The van der Waals surface area contributed by atoms with Crippen LogP contribution in [0.1, 0.15) is 38.4 Å². The lowest BCUT2D eigenvalue weighted by Crippen LogP contribution is -2.38. The molecular weight excluding hydrogens is 228 g/mol. The highest BCUT2D eigenvalue weighted by Gasteiger charge is 2.22. The van der Waals surface area contributed by atoms with Crippen molar-refractivity contribution in [2.75, 3.05) is 19.6 Å². The third-order valence-corrected chi connectivity index (χ3v) is 3.72. The molecule has 1 saturated heterocycles. The van der Waals surface area contributed by atoms with E-state index in [2.05, 4.69) is 28.9 Å². The van der Waals surface area contributed by atoms with E-state index in [4.69, 9.17) is 10.3 Å². The van der Waals surface area contributed by atoms with Crippen LogP contribution < -0.4 is 5.73 Å². The average Bonchev–Trinajstić information content (AvgIpc) is 2.78. The molecule has 0 spiro atoms. The summed E-state index contributed by atoms with van der Waals surface area (Å²) in [5, 5.41) is 3.94. The summed E-state index contributed by atoms with van der Waals surface area (Å²) in [4.78, 5) is 6.91. The van der Waals surface area contributed by atoms with E-state index < -0.39 is 0 Å². The Morgan fingerprint density at radius 1 is 1.39 bits per heavy atom. The van der Waals surface area contributed by atoms with Crippen molar-refractivity contribution in [3.63, 3.8) is 0 Å². The average molecular weight is 252 g/mol. The fourth-order valence-electron chi connectivity index (χ4n) is 2.52. The van der Waals surface area contributed by atoms with Crippen LogP contribution in [0.3, 0.4) is 0 Å². The SMILES string of the molecule is CC(C)N1CCC(Cc2nc(CCN)no2)CC1. The number of piperidine rings is 1. The van der Waals surface area contributed by atoms with Crippen LogP contribution in [0, 0.1) is 5.92 Å². The van der Waals surface area contributed by atoms with Gasteiger partial charge in [-0.3, -0.25) is 0 Å². The van der Waals surface area contributed by atoms with Gasteiger partial charge in [-0.25, -0.2) is 0 Å². The first-order valence-electron chi connectivity index (χ1n) is 6.94. The highest BCUT2D eigenvalue weighted by molar-refractivity contribution is 4.89. The first-order chi connectivity index (χ1) is 8.69. The topological polar surface area (TPSA) is 68.2 Å². The van der Waals surface area contributed by atoms with E-state index in [9.17, 15) is 0 Å². The molecule has 1 aromatic rings. The zero-order valence-corrected chi connectivity index (χ0v) is 11.4. The van der Waals surface area contributed by atoms with Crippen LogP contribution in [0.5, 0.6) is 0 Å². The molecule has 0 bridgehead atoms. The molecule has 0 aliphatic carbocycles. The zero-order chi connectivity index (χ0) is 13.0. The van der Waals surface area contributed by atoms with E-state index in [1.165, 1.54) is 25.9 Å². The molecule has 0 saturated carbocycles. The number of rotatable bonds is 5. The van der Waals surface area contributed by atoms with E-state index in [1.54, 1.807) is 0 Å². The van der Waals surface area contributed by atoms with Gasteiger partial charge < -0.3 is 15.2 Å². The lowest BCUT2D eigenvalue weighted by Gasteiger charge is -2.34. The molecule has 0 aromatic carbocycles. The van der Waals surface area contributed by atoms with E-state index in [1.807, 2.05) is 0 Å². The summed E-state index contributed by atoms with van der Waals surface area (Å²) in [6, 6.07) is 0.658. The molecule has 0 amide bonds. The Balaban J connectivity index is 1.80. The van der Waals surface area contributed by atoms with Crippen molar-refractivity contribution in [1.29, 1.82) is 0 Å². The maximum Gasteiger partial charge on any atom is 0.226 e. The fraction of sp³-hybridized carbons (Fsp3) is 0.846. The van der Waals surface area contributed by atoms with Crippen LogP contribution in [0.15, 0.2) is 4.52 Å². The number of nitrogens with zero attached hydrogens (tertiary/aromatic N) is 3. The molecule has 1 aliphatic heterocycles. The monoisotopic (exact) mass is 252 g/mol. The molecule has 18 heavy (non-hydrogen) atoms. The van der Waals surface area contributed by atoms with Gasteiger partial charge in [-0.05, 0) is 52.2 Å². The maximum absolute atomic E-state index is 5.47.